The highest BCUT2D eigenvalue weighted by Crippen LogP contribution is 2.19. The van der Waals surface area contributed by atoms with E-state index in [1.807, 2.05) is 43.8 Å². The predicted octanol–water partition coefficient (Wildman–Crippen LogP) is 2.74. The van der Waals surface area contributed by atoms with E-state index < -0.39 is 0 Å². The number of aromatic amines is 1. The molecule has 4 aromatic rings. The molecular weight excluding hydrogens is 342 g/mol. The zero-order valence-corrected chi connectivity index (χ0v) is 14.9. The molecular formula is C19H19N7O. The summed E-state index contributed by atoms with van der Waals surface area (Å²) in [6, 6.07) is 3.85. The molecule has 136 valence electrons. The molecule has 0 fully saturated rings. The van der Waals surface area contributed by atoms with Crippen molar-refractivity contribution in [2.75, 3.05) is 11.9 Å². The van der Waals surface area contributed by atoms with E-state index in [-0.39, 0.29) is 0 Å². The summed E-state index contributed by atoms with van der Waals surface area (Å²) >= 11 is 0. The lowest BCUT2D eigenvalue weighted by Gasteiger charge is -2.09. The number of aromatic nitrogens is 6. The monoisotopic (exact) mass is 361 g/mol. The fourth-order valence-corrected chi connectivity index (χ4v) is 2.82. The first-order valence-electron chi connectivity index (χ1n) is 8.71. The van der Waals surface area contributed by atoms with Gasteiger partial charge in [-0.05, 0) is 24.1 Å². The van der Waals surface area contributed by atoms with Crippen LogP contribution in [0.1, 0.15) is 23.6 Å². The Balaban J connectivity index is 1.42. The number of nitrogens with one attached hydrogen (secondary N) is 2. The number of fused-ring (bicyclic) bond motifs is 1. The van der Waals surface area contributed by atoms with E-state index in [0.717, 1.165) is 27.7 Å². The summed E-state index contributed by atoms with van der Waals surface area (Å²) in [7, 11) is 0. The molecule has 0 spiro atoms. The van der Waals surface area contributed by atoms with Crippen LogP contribution in [-0.2, 0) is 13.0 Å². The van der Waals surface area contributed by atoms with Gasteiger partial charge in [-0.25, -0.2) is 24.9 Å². The lowest BCUT2D eigenvalue weighted by atomic mass is 10.1. The maximum atomic E-state index is 5.53. The molecule has 8 heteroatoms. The summed E-state index contributed by atoms with van der Waals surface area (Å²) in [4.78, 5) is 24.5. The van der Waals surface area contributed by atoms with Crippen molar-refractivity contribution in [3.63, 3.8) is 0 Å². The molecule has 0 radical (unpaired) electrons. The molecule has 0 amide bonds. The third-order valence-electron chi connectivity index (χ3n) is 4.11. The van der Waals surface area contributed by atoms with Gasteiger partial charge >= 0.3 is 0 Å². The maximum Gasteiger partial charge on any atom is 0.222 e. The highest BCUT2D eigenvalue weighted by atomic mass is 16.5. The van der Waals surface area contributed by atoms with Crippen molar-refractivity contribution in [1.29, 1.82) is 0 Å². The number of nitrogens with zero attached hydrogens (tertiary/aromatic N) is 5. The standard InChI is InChI=1S/C19H19N7O/c1-2-27-18-14(4-3-5-21-18)9-25-19-23-7-13(8-24-19)6-15-10-22-17-16(15)11-20-12-26-17/h3-5,7-8,10-12H,2,6,9H2,1H3,(H,20,22,26)(H,23,24,25). The van der Waals surface area contributed by atoms with Crippen LogP contribution in [0.2, 0.25) is 0 Å². The van der Waals surface area contributed by atoms with E-state index in [0.29, 0.717) is 31.4 Å². The normalized spacial score (nSPS) is 10.9. The molecule has 0 aliphatic rings. The lowest BCUT2D eigenvalue weighted by molar-refractivity contribution is 0.323. The quantitative estimate of drug-likeness (QED) is 0.522. The van der Waals surface area contributed by atoms with Crippen LogP contribution in [0.4, 0.5) is 5.95 Å². The molecule has 0 bridgehead atoms. The Morgan fingerprint density at radius 3 is 2.81 bits per heavy atom. The summed E-state index contributed by atoms with van der Waals surface area (Å²) in [5.41, 5.74) is 3.93. The largest absolute Gasteiger partial charge is 0.478 e. The van der Waals surface area contributed by atoms with Crippen molar-refractivity contribution in [1.82, 2.24) is 29.9 Å². The van der Waals surface area contributed by atoms with Crippen LogP contribution < -0.4 is 10.1 Å². The Bertz CT molecular complexity index is 1030. The van der Waals surface area contributed by atoms with Gasteiger partial charge in [0.25, 0.3) is 0 Å². The fraction of sp³-hybridized carbons (Fsp3) is 0.211. The fourth-order valence-electron chi connectivity index (χ4n) is 2.82. The Hall–Kier alpha value is -3.55. The highest BCUT2D eigenvalue weighted by molar-refractivity contribution is 5.78. The number of hydrogen-bond donors (Lipinski definition) is 2. The number of hydrogen-bond acceptors (Lipinski definition) is 7. The minimum Gasteiger partial charge on any atom is -0.478 e. The van der Waals surface area contributed by atoms with Gasteiger partial charge in [-0.15, -0.1) is 0 Å². The first kappa shape index (κ1) is 16.9. The van der Waals surface area contributed by atoms with E-state index in [4.69, 9.17) is 4.74 Å². The summed E-state index contributed by atoms with van der Waals surface area (Å²) in [6.07, 6.45) is 11.4. The zero-order valence-electron chi connectivity index (χ0n) is 14.9. The average molecular weight is 361 g/mol. The van der Waals surface area contributed by atoms with E-state index in [1.165, 1.54) is 6.33 Å². The molecule has 0 saturated carbocycles. The first-order valence-corrected chi connectivity index (χ1v) is 8.71. The summed E-state index contributed by atoms with van der Waals surface area (Å²) in [5.74, 6) is 1.19. The van der Waals surface area contributed by atoms with Crippen molar-refractivity contribution in [3.8, 4) is 5.88 Å². The van der Waals surface area contributed by atoms with Crippen LogP contribution >= 0.6 is 0 Å². The van der Waals surface area contributed by atoms with Crippen molar-refractivity contribution in [2.24, 2.45) is 0 Å². The van der Waals surface area contributed by atoms with E-state index in [1.54, 1.807) is 6.20 Å². The molecule has 0 unspecified atom stereocenters. The minimum absolute atomic E-state index is 0.544. The van der Waals surface area contributed by atoms with Crippen LogP contribution in [0.5, 0.6) is 5.88 Å². The summed E-state index contributed by atoms with van der Waals surface area (Å²) < 4.78 is 5.53. The molecule has 0 aromatic carbocycles. The van der Waals surface area contributed by atoms with E-state index >= 15 is 0 Å². The zero-order chi connectivity index (χ0) is 18.5. The van der Waals surface area contributed by atoms with Gasteiger partial charge in [0.2, 0.25) is 11.8 Å². The molecule has 27 heavy (non-hydrogen) atoms. The molecule has 4 heterocycles. The minimum atomic E-state index is 0.544. The summed E-state index contributed by atoms with van der Waals surface area (Å²) in [5, 5.41) is 4.22. The molecule has 0 aliphatic carbocycles. The average Bonchev–Trinajstić information content (AvgIpc) is 3.12. The van der Waals surface area contributed by atoms with Gasteiger partial charge in [-0.2, -0.15) is 0 Å². The Kier molecular flexibility index (Phi) is 4.86. The molecule has 0 saturated heterocycles. The van der Waals surface area contributed by atoms with Crippen LogP contribution in [0, 0.1) is 0 Å². The second-order valence-electron chi connectivity index (χ2n) is 5.94. The van der Waals surface area contributed by atoms with E-state index in [9.17, 15) is 0 Å². The Morgan fingerprint density at radius 1 is 1.07 bits per heavy atom. The molecule has 2 N–H and O–H groups in total. The Morgan fingerprint density at radius 2 is 1.96 bits per heavy atom. The lowest BCUT2D eigenvalue weighted by Crippen LogP contribution is -2.07. The van der Waals surface area contributed by atoms with Crippen molar-refractivity contribution in [2.45, 2.75) is 19.9 Å². The second kappa shape index (κ2) is 7.77. The smallest absolute Gasteiger partial charge is 0.222 e. The van der Waals surface area contributed by atoms with Gasteiger partial charge in [0, 0.05) is 54.9 Å². The SMILES string of the molecule is CCOc1ncccc1CNc1ncc(Cc2c[nH]c3ncncc23)cn1. The molecule has 4 aromatic heterocycles. The number of anilines is 1. The molecule has 8 nitrogen and oxygen atoms in total. The molecule has 4 rings (SSSR count). The van der Waals surface area contributed by atoms with Gasteiger partial charge in [-0.1, -0.05) is 6.07 Å². The third-order valence-corrected chi connectivity index (χ3v) is 4.11. The first-order chi connectivity index (χ1) is 13.3. The van der Waals surface area contributed by atoms with Gasteiger partial charge in [0.05, 0.1) is 6.61 Å². The van der Waals surface area contributed by atoms with Gasteiger partial charge in [0.15, 0.2) is 0 Å². The van der Waals surface area contributed by atoms with E-state index in [2.05, 4.69) is 35.2 Å². The van der Waals surface area contributed by atoms with Crippen LogP contribution in [-0.4, -0.2) is 36.5 Å². The number of rotatable bonds is 7. The van der Waals surface area contributed by atoms with Crippen molar-refractivity contribution < 1.29 is 4.74 Å². The third kappa shape index (κ3) is 3.84. The van der Waals surface area contributed by atoms with Crippen molar-refractivity contribution in [3.05, 3.63) is 66.1 Å². The van der Waals surface area contributed by atoms with Crippen LogP contribution in [0.15, 0.2) is 49.4 Å². The van der Waals surface area contributed by atoms with Gasteiger partial charge in [0.1, 0.15) is 12.0 Å². The van der Waals surface area contributed by atoms with Gasteiger partial charge in [-0.3, -0.25) is 0 Å². The number of H-pyrrole nitrogens is 1. The van der Waals surface area contributed by atoms with Gasteiger partial charge < -0.3 is 15.0 Å². The maximum absolute atomic E-state index is 5.53. The highest BCUT2D eigenvalue weighted by Gasteiger charge is 2.08. The summed E-state index contributed by atoms with van der Waals surface area (Å²) in [6.45, 7) is 3.06. The number of pyridine rings is 1. The topological polar surface area (TPSA) is 102 Å². The predicted molar refractivity (Wildman–Crippen MR) is 101 cm³/mol. The van der Waals surface area contributed by atoms with Crippen LogP contribution in [0.25, 0.3) is 11.0 Å². The van der Waals surface area contributed by atoms with Crippen LogP contribution in [0.3, 0.4) is 0 Å². The second-order valence-corrected chi connectivity index (χ2v) is 5.94. The van der Waals surface area contributed by atoms with Crippen molar-refractivity contribution >= 4 is 17.0 Å². The molecule has 0 atom stereocenters. The number of ether oxygens (including phenoxy) is 1. The molecule has 0 aliphatic heterocycles. The Labute approximate surface area is 156 Å².